The third-order valence-corrected chi connectivity index (χ3v) is 4.74. The predicted octanol–water partition coefficient (Wildman–Crippen LogP) is 3.14. The summed E-state index contributed by atoms with van der Waals surface area (Å²) in [6.45, 7) is 9.32. The van der Waals surface area contributed by atoms with Gasteiger partial charge in [0.15, 0.2) is 0 Å². The van der Waals surface area contributed by atoms with Gasteiger partial charge in [-0.1, -0.05) is 19.1 Å². The van der Waals surface area contributed by atoms with Gasteiger partial charge in [-0.3, -0.25) is 4.90 Å². The number of nitrogens with one attached hydrogen (secondary N) is 1. The summed E-state index contributed by atoms with van der Waals surface area (Å²) in [5.74, 6) is 0.808. The standard InChI is InChI=1S/C18H31N3/c1-5-21(14-16-7-6-12-19-13-16)15(2)17-8-10-18(11-9-17)20(3)4/h8-11,15-16,19H,5-7,12-14H2,1-4H3. The molecule has 1 saturated heterocycles. The summed E-state index contributed by atoms with van der Waals surface area (Å²) in [6.07, 6.45) is 2.70. The minimum atomic E-state index is 0.494. The molecule has 118 valence electrons. The van der Waals surface area contributed by atoms with Crippen LogP contribution in [0.2, 0.25) is 0 Å². The van der Waals surface area contributed by atoms with Crippen LogP contribution in [0.15, 0.2) is 24.3 Å². The van der Waals surface area contributed by atoms with E-state index in [4.69, 9.17) is 0 Å². The molecule has 1 aromatic carbocycles. The smallest absolute Gasteiger partial charge is 0.0361 e. The van der Waals surface area contributed by atoms with Crippen LogP contribution in [0.3, 0.4) is 0 Å². The highest BCUT2D eigenvalue weighted by atomic mass is 15.2. The van der Waals surface area contributed by atoms with Crippen LogP contribution in [0.4, 0.5) is 5.69 Å². The Hall–Kier alpha value is -1.06. The normalized spacial score (nSPS) is 20.5. The lowest BCUT2D eigenvalue weighted by Crippen LogP contribution is -2.39. The predicted molar refractivity (Wildman–Crippen MR) is 92.0 cm³/mol. The Balaban J connectivity index is 1.99. The molecule has 2 atom stereocenters. The van der Waals surface area contributed by atoms with Gasteiger partial charge in [0.1, 0.15) is 0 Å². The van der Waals surface area contributed by atoms with Crippen molar-refractivity contribution in [3.05, 3.63) is 29.8 Å². The fraction of sp³-hybridized carbons (Fsp3) is 0.667. The van der Waals surface area contributed by atoms with Crippen molar-refractivity contribution < 1.29 is 0 Å². The van der Waals surface area contributed by atoms with Crippen LogP contribution in [0.25, 0.3) is 0 Å². The molecular weight excluding hydrogens is 258 g/mol. The van der Waals surface area contributed by atoms with Crippen LogP contribution in [0.5, 0.6) is 0 Å². The molecule has 1 aromatic rings. The lowest BCUT2D eigenvalue weighted by atomic mass is 9.97. The Bertz CT molecular complexity index is 407. The Morgan fingerprint density at radius 3 is 2.48 bits per heavy atom. The first-order valence-corrected chi connectivity index (χ1v) is 8.34. The number of piperidine rings is 1. The highest BCUT2D eigenvalue weighted by molar-refractivity contribution is 5.46. The van der Waals surface area contributed by atoms with Crippen LogP contribution < -0.4 is 10.2 Å². The second-order valence-electron chi connectivity index (χ2n) is 6.46. The highest BCUT2D eigenvalue weighted by Crippen LogP contribution is 2.24. The summed E-state index contributed by atoms with van der Waals surface area (Å²) in [5.41, 5.74) is 2.69. The van der Waals surface area contributed by atoms with E-state index in [-0.39, 0.29) is 0 Å². The monoisotopic (exact) mass is 289 g/mol. The average molecular weight is 289 g/mol. The van der Waals surface area contributed by atoms with E-state index >= 15 is 0 Å². The zero-order valence-electron chi connectivity index (χ0n) is 14.1. The molecule has 21 heavy (non-hydrogen) atoms. The molecule has 0 radical (unpaired) electrons. The molecule has 1 heterocycles. The summed E-state index contributed by atoms with van der Waals surface area (Å²) in [7, 11) is 4.18. The third kappa shape index (κ3) is 4.45. The van der Waals surface area contributed by atoms with E-state index < -0.39 is 0 Å². The Morgan fingerprint density at radius 1 is 1.24 bits per heavy atom. The first-order valence-electron chi connectivity index (χ1n) is 8.34. The summed E-state index contributed by atoms with van der Waals surface area (Å²) in [6, 6.07) is 9.50. The molecule has 3 heteroatoms. The summed E-state index contributed by atoms with van der Waals surface area (Å²) >= 11 is 0. The SMILES string of the molecule is CCN(CC1CCCNC1)C(C)c1ccc(N(C)C)cc1. The molecule has 0 aliphatic carbocycles. The molecule has 0 bridgehead atoms. The van der Waals surface area contributed by atoms with Gasteiger partial charge in [0.05, 0.1) is 0 Å². The summed E-state index contributed by atoms with van der Waals surface area (Å²) < 4.78 is 0. The fourth-order valence-electron chi connectivity index (χ4n) is 3.23. The Kier molecular flexibility index (Phi) is 6.07. The topological polar surface area (TPSA) is 18.5 Å². The van der Waals surface area contributed by atoms with Crippen molar-refractivity contribution in [2.75, 3.05) is 45.2 Å². The first kappa shape index (κ1) is 16.3. The van der Waals surface area contributed by atoms with E-state index in [0.717, 1.165) is 12.5 Å². The van der Waals surface area contributed by atoms with E-state index in [9.17, 15) is 0 Å². The van der Waals surface area contributed by atoms with Gasteiger partial charge in [-0.05, 0) is 63.0 Å². The molecule has 2 unspecified atom stereocenters. The highest BCUT2D eigenvalue weighted by Gasteiger charge is 2.20. The first-order chi connectivity index (χ1) is 10.1. The second-order valence-corrected chi connectivity index (χ2v) is 6.46. The van der Waals surface area contributed by atoms with Gasteiger partial charge >= 0.3 is 0 Å². The second kappa shape index (κ2) is 7.81. The lowest BCUT2D eigenvalue weighted by molar-refractivity contribution is 0.171. The van der Waals surface area contributed by atoms with Crippen molar-refractivity contribution in [3.8, 4) is 0 Å². The van der Waals surface area contributed by atoms with Crippen molar-refractivity contribution in [2.45, 2.75) is 32.7 Å². The maximum Gasteiger partial charge on any atom is 0.0361 e. The van der Waals surface area contributed by atoms with Gasteiger partial charge in [0, 0.05) is 32.4 Å². The molecule has 3 nitrogen and oxygen atoms in total. The van der Waals surface area contributed by atoms with Crippen LogP contribution in [0.1, 0.15) is 38.3 Å². The molecule has 0 saturated carbocycles. The van der Waals surface area contributed by atoms with Gasteiger partial charge in [0.2, 0.25) is 0 Å². The number of anilines is 1. The fourth-order valence-corrected chi connectivity index (χ4v) is 3.23. The Labute approximate surface area is 130 Å². The lowest BCUT2D eigenvalue weighted by Gasteiger charge is -2.33. The number of rotatable bonds is 6. The van der Waals surface area contributed by atoms with Crippen molar-refractivity contribution >= 4 is 5.69 Å². The molecule has 0 aromatic heterocycles. The molecule has 1 fully saturated rings. The maximum absolute atomic E-state index is 3.53. The van der Waals surface area contributed by atoms with E-state index in [0.29, 0.717) is 6.04 Å². The third-order valence-electron chi connectivity index (χ3n) is 4.74. The maximum atomic E-state index is 3.53. The van der Waals surface area contributed by atoms with E-state index in [2.05, 4.69) is 67.3 Å². The van der Waals surface area contributed by atoms with Gasteiger partial charge in [-0.25, -0.2) is 0 Å². The van der Waals surface area contributed by atoms with Crippen molar-refractivity contribution in [2.24, 2.45) is 5.92 Å². The van der Waals surface area contributed by atoms with Crippen LogP contribution in [-0.2, 0) is 0 Å². The van der Waals surface area contributed by atoms with Gasteiger partial charge < -0.3 is 10.2 Å². The zero-order valence-corrected chi connectivity index (χ0v) is 14.1. The minimum Gasteiger partial charge on any atom is -0.378 e. The summed E-state index contributed by atoms with van der Waals surface area (Å²) in [5, 5.41) is 3.53. The van der Waals surface area contributed by atoms with Gasteiger partial charge in [-0.2, -0.15) is 0 Å². The number of nitrogens with zero attached hydrogens (tertiary/aromatic N) is 2. The molecule has 1 N–H and O–H groups in total. The summed E-state index contributed by atoms with van der Waals surface area (Å²) in [4.78, 5) is 4.77. The largest absolute Gasteiger partial charge is 0.378 e. The molecule has 2 rings (SSSR count). The molecule has 0 amide bonds. The number of benzene rings is 1. The molecule has 1 aliphatic rings. The van der Waals surface area contributed by atoms with Crippen LogP contribution in [0, 0.1) is 5.92 Å². The van der Waals surface area contributed by atoms with Crippen molar-refractivity contribution in [1.29, 1.82) is 0 Å². The van der Waals surface area contributed by atoms with Crippen LogP contribution >= 0.6 is 0 Å². The zero-order chi connectivity index (χ0) is 15.2. The van der Waals surface area contributed by atoms with E-state index in [1.54, 1.807) is 0 Å². The molecule has 0 spiro atoms. The average Bonchev–Trinajstić information content (AvgIpc) is 2.53. The quantitative estimate of drug-likeness (QED) is 0.868. The number of hydrogen-bond acceptors (Lipinski definition) is 3. The van der Waals surface area contributed by atoms with Crippen LogP contribution in [-0.4, -0.2) is 45.2 Å². The molecular formula is C18H31N3. The van der Waals surface area contributed by atoms with Crippen molar-refractivity contribution in [3.63, 3.8) is 0 Å². The van der Waals surface area contributed by atoms with Gasteiger partial charge in [-0.15, -0.1) is 0 Å². The minimum absolute atomic E-state index is 0.494. The van der Waals surface area contributed by atoms with Crippen molar-refractivity contribution in [1.82, 2.24) is 10.2 Å². The Morgan fingerprint density at radius 2 is 1.95 bits per heavy atom. The van der Waals surface area contributed by atoms with E-state index in [1.165, 1.54) is 43.7 Å². The number of hydrogen-bond donors (Lipinski definition) is 1. The van der Waals surface area contributed by atoms with E-state index in [1.807, 2.05) is 0 Å². The van der Waals surface area contributed by atoms with Gasteiger partial charge in [0.25, 0.3) is 0 Å². The molecule has 1 aliphatic heterocycles.